The van der Waals surface area contributed by atoms with Gasteiger partial charge in [-0.15, -0.1) is 0 Å². The molecule has 0 radical (unpaired) electrons. The van der Waals surface area contributed by atoms with Crippen molar-refractivity contribution in [1.29, 1.82) is 0 Å². The number of rotatable bonds is 6. The Labute approximate surface area is 297 Å². The van der Waals surface area contributed by atoms with E-state index in [1.807, 2.05) is 0 Å². The largest absolute Gasteiger partial charge is 0.611 e. The number of carbonyl (C=O) groups excluding carboxylic acids is 1. The van der Waals surface area contributed by atoms with Crippen molar-refractivity contribution in [3.63, 3.8) is 0 Å². The molecule has 50 heavy (non-hydrogen) atoms. The number of alkyl halides is 9. The number of halogens is 11. The molecule has 2 heterocycles. The van der Waals surface area contributed by atoms with E-state index < -0.39 is 69.7 Å². The van der Waals surface area contributed by atoms with Crippen molar-refractivity contribution in [2.24, 2.45) is 11.8 Å². The first-order valence-corrected chi connectivity index (χ1v) is 17.6. The van der Waals surface area contributed by atoms with Crippen LogP contribution < -0.4 is 5.32 Å². The minimum absolute atomic E-state index is 0.00767. The fourth-order valence-electron chi connectivity index (χ4n) is 3.95. The third-order valence-corrected chi connectivity index (χ3v) is 10.6. The number of likely N-dealkylation sites (tertiary alicyclic amines) is 1. The highest BCUT2D eigenvalue weighted by Crippen LogP contribution is 2.36. The molecule has 2 aromatic rings. The molecule has 282 valence electrons. The Hall–Kier alpha value is -2.29. The highest BCUT2D eigenvalue weighted by atomic mass is 35.5. The molecule has 21 heteroatoms. The normalized spacial score (nSPS) is 16.8. The zero-order valence-electron chi connectivity index (χ0n) is 26.3. The lowest BCUT2D eigenvalue weighted by Gasteiger charge is -2.39. The number of nitrogens with one attached hydrogen (secondary N) is 1. The lowest BCUT2D eigenvalue weighted by molar-refractivity contribution is -0.192. The zero-order chi connectivity index (χ0) is 38.4. The van der Waals surface area contributed by atoms with Crippen molar-refractivity contribution < 1.29 is 68.1 Å². The SMILES string of the molecule is CC(C)(C)OC(=O)N1CC(C[S+]([O-])c2ccc(C(F)(F)F)cc2Cl)C1.O=C(O)C(F)(F)F.[O-][S+](CC1CNC1)c1ccc(C(F)(F)F)cc1Cl. The van der Waals surface area contributed by atoms with Crippen LogP contribution in [0, 0.1) is 11.8 Å². The molecular formula is C29H31Cl2F9N2O6S2. The fraction of sp³-hybridized carbons (Fsp3) is 0.517. The van der Waals surface area contributed by atoms with Crippen LogP contribution in [0.25, 0.3) is 0 Å². The summed E-state index contributed by atoms with van der Waals surface area (Å²) in [6.45, 7) is 7.70. The Morgan fingerprint density at radius 1 is 0.820 bits per heavy atom. The van der Waals surface area contributed by atoms with E-state index in [-0.39, 0.29) is 31.5 Å². The van der Waals surface area contributed by atoms with Gasteiger partial charge < -0.3 is 29.2 Å². The predicted octanol–water partition coefficient (Wildman–Crippen LogP) is 7.65. The van der Waals surface area contributed by atoms with Crippen molar-refractivity contribution in [3.8, 4) is 0 Å². The molecule has 2 aliphatic rings. The molecule has 2 N–H and O–H groups in total. The van der Waals surface area contributed by atoms with Crippen LogP contribution >= 0.6 is 23.2 Å². The Bertz CT molecular complexity index is 1470. The van der Waals surface area contributed by atoms with Crippen LogP contribution in [0.15, 0.2) is 46.2 Å². The molecule has 2 aliphatic heterocycles. The Morgan fingerprint density at radius 3 is 1.48 bits per heavy atom. The average molecular weight is 810 g/mol. The number of nitrogens with zero attached hydrogens (tertiary/aromatic N) is 1. The maximum absolute atomic E-state index is 12.6. The van der Waals surface area contributed by atoms with E-state index in [4.69, 9.17) is 37.8 Å². The summed E-state index contributed by atoms with van der Waals surface area (Å²) >= 11 is 8.73. The molecule has 0 spiro atoms. The Kier molecular flexibility index (Phi) is 15.3. The van der Waals surface area contributed by atoms with E-state index in [1.54, 1.807) is 20.8 Å². The maximum atomic E-state index is 12.6. The minimum Gasteiger partial charge on any atom is -0.611 e. The van der Waals surface area contributed by atoms with Gasteiger partial charge in [0, 0.05) is 38.0 Å². The number of carboxylic acids is 1. The van der Waals surface area contributed by atoms with Gasteiger partial charge in [0.2, 0.25) is 0 Å². The number of benzene rings is 2. The summed E-state index contributed by atoms with van der Waals surface area (Å²) in [6, 6.07) is 5.74. The van der Waals surface area contributed by atoms with Gasteiger partial charge in [0.05, 0.1) is 21.2 Å². The monoisotopic (exact) mass is 808 g/mol. The van der Waals surface area contributed by atoms with Crippen LogP contribution in [0.4, 0.5) is 44.3 Å². The van der Waals surface area contributed by atoms with Crippen LogP contribution in [0.3, 0.4) is 0 Å². The second-order valence-corrected chi connectivity index (χ2v) is 15.6. The van der Waals surface area contributed by atoms with Crippen LogP contribution in [-0.4, -0.2) is 80.6 Å². The van der Waals surface area contributed by atoms with Crippen LogP contribution in [0.2, 0.25) is 10.0 Å². The van der Waals surface area contributed by atoms with Gasteiger partial charge in [0.1, 0.15) is 17.1 Å². The molecule has 1 amide bonds. The van der Waals surface area contributed by atoms with Crippen molar-refractivity contribution >= 4 is 57.6 Å². The van der Waals surface area contributed by atoms with Crippen molar-refractivity contribution in [2.45, 2.75) is 54.7 Å². The number of amides is 1. The molecule has 0 aromatic heterocycles. The van der Waals surface area contributed by atoms with Gasteiger partial charge in [-0.3, -0.25) is 0 Å². The Morgan fingerprint density at radius 2 is 1.20 bits per heavy atom. The van der Waals surface area contributed by atoms with Gasteiger partial charge in [-0.25, -0.2) is 9.59 Å². The number of aliphatic carboxylic acids is 1. The molecule has 2 saturated heterocycles. The molecule has 4 rings (SSSR count). The van der Waals surface area contributed by atoms with E-state index in [1.165, 1.54) is 11.0 Å². The standard InChI is InChI=1S/C16H19ClF3NO3S.C11H11ClF3NOS.C2HF3O2/c1-15(2,3)24-14(22)21-7-10(8-21)9-25(23)13-5-4-11(6-12(13)17)16(18,19)20;12-9-3-8(11(13,14)15)1-2-10(9)18(17)6-7-4-16-5-7;3-2(4,5)1(6)7/h4-6,10H,7-9H2,1-3H3;1-3,7,16H,4-6H2;(H,6,7). The summed E-state index contributed by atoms with van der Waals surface area (Å²) in [7, 11) is 0. The predicted molar refractivity (Wildman–Crippen MR) is 167 cm³/mol. The van der Waals surface area contributed by atoms with Gasteiger partial charge in [-0.1, -0.05) is 23.2 Å². The number of carbonyl (C=O) groups is 2. The van der Waals surface area contributed by atoms with E-state index >= 15 is 0 Å². The molecular weight excluding hydrogens is 778 g/mol. The molecule has 2 unspecified atom stereocenters. The number of ether oxygens (including phenoxy) is 1. The summed E-state index contributed by atoms with van der Waals surface area (Å²) < 4.78 is 136. The summed E-state index contributed by atoms with van der Waals surface area (Å²) in [5.41, 5.74) is -2.28. The highest BCUT2D eigenvalue weighted by molar-refractivity contribution is 7.91. The summed E-state index contributed by atoms with van der Waals surface area (Å²) in [5, 5.41) is 9.91. The lowest BCUT2D eigenvalue weighted by Crippen LogP contribution is -2.53. The van der Waals surface area contributed by atoms with Gasteiger partial charge in [-0.05, 0) is 79.5 Å². The van der Waals surface area contributed by atoms with Gasteiger partial charge in [0.15, 0.2) is 9.79 Å². The second kappa shape index (κ2) is 17.5. The molecule has 8 nitrogen and oxygen atoms in total. The fourth-order valence-corrected chi connectivity index (χ4v) is 7.48. The van der Waals surface area contributed by atoms with Gasteiger partial charge >= 0.3 is 30.6 Å². The zero-order valence-corrected chi connectivity index (χ0v) is 29.4. The van der Waals surface area contributed by atoms with Crippen LogP contribution in [-0.2, 0) is 44.2 Å². The van der Waals surface area contributed by atoms with Crippen molar-refractivity contribution in [1.82, 2.24) is 10.2 Å². The second-order valence-electron chi connectivity index (χ2n) is 11.9. The summed E-state index contributed by atoms with van der Waals surface area (Å²) in [6.07, 6.45) is -14.4. The number of hydrogen-bond donors (Lipinski definition) is 2. The number of hydrogen-bond acceptors (Lipinski definition) is 6. The number of carboxylic acid groups (broad SMARTS) is 1. The maximum Gasteiger partial charge on any atom is 0.490 e. The van der Waals surface area contributed by atoms with Crippen molar-refractivity contribution in [3.05, 3.63) is 57.6 Å². The molecule has 2 aromatic carbocycles. The van der Waals surface area contributed by atoms with E-state index in [0.29, 0.717) is 24.8 Å². The summed E-state index contributed by atoms with van der Waals surface area (Å²) in [5.74, 6) is -1.80. The molecule has 2 atom stereocenters. The van der Waals surface area contributed by atoms with E-state index in [2.05, 4.69) is 5.32 Å². The molecule has 0 saturated carbocycles. The van der Waals surface area contributed by atoms with Crippen LogP contribution in [0.5, 0.6) is 0 Å². The first kappa shape index (κ1) is 43.9. The summed E-state index contributed by atoms with van der Waals surface area (Å²) in [4.78, 5) is 22.7. The smallest absolute Gasteiger partial charge is 0.490 e. The lowest BCUT2D eigenvalue weighted by atomic mass is 10.0. The minimum atomic E-state index is -5.08. The molecule has 0 bridgehead atoms. The van der Waals surface area contributed by atoms with Crippen molar-refractivity contribution in [2.75, 3.05) is 37.7 Å². The molecule has 0 aliphatic carbocycles. The van der Waals surface area contributed by atoms with E-state index in [0.717, 1.165) is 43.4 Å². The third kappa shape index (κ3) is 14.0. The average Bonchev–Trinajstić information content (AvgIpc) is 2.90. The Balaban J connectivity index is 0.000000301. The topological polar surface area (TPSA) is 125 Å². The third-order valence-electron chi connectivity index (χ3n) is 6.50. The van der Waals surface area contributed by atoms with Gasteiger partial charge in [-0.2, -0.15) is 39.5 Å². The first-order valence-electron chi connectivity index (χ1n) is 14.2. The highest BCUT2D eigenvalue weighted by Gasteiger charge is 2.39. The quantitative estimate of drug-likeness (QED) is 0.227. The molecule has 2 fully saturated rings. The van der Waals surface area contributed by atoms with Crippen LogP contribution in [0.1, 0.15) is 31.9 Å². The van der Waals surface area contributed by atoms with Gasteiger partial charge in [0.25, 0.3) is 0 Å². The van der Waals surface area contributed by atoms with E-state index in [9.17, 15) is 53.4 Å². The first-order chi connectivity index (χ1) is 22.7.